The monoisotopic (exact) mass is 682 g/mol. The van der Waals surface area contributed by atoms with Crippen molar-refractivity contribution in [3.63, 3.8) is 0 Å². The van der Waals surface area contributed by atoms with Crippen molar-refractivity contribution < 1.29 is 29.1 Å². The Hall–Kier alpha value is 0.743. The van der Waals surface area contributed by atoms with Crippen molar-refractivity contribution in [2.75, 3.05) is 49.2 Å². The van der Waals surface area contributed by atoms with Crippen LogP contribution in [0.15, 0.2) is 0 Å². The number of thiocarbonyl (C=S) groups is 2. The van der Waals surface area contributed by atoms with Crippen molar-refractivity contribution in [2.45, 2.75) is 80.1 Å². The normalized spacial score (nSPS) is 9.57. The van der Waals surface area contributed by atoms with Crippen LogP contribution in [0.25, 0.3) is 0 Å². The van der Waals surface area contributed by atoms with Crippen molar-refractivity contribution in [1.29, 1.82) is 0 Å². The first-order valence-corrected chi connectivity index (χ1v) is 17.6. The number of amides is 2. The quantitative estimate of drug-likeness (QED) is 0.102. The third-order valence-electron chi connectivity index (χ3n) is 3.92. The van der Waals surface area contributed by atoms with Gasteiger partial charge in [0.05, 0.1) is 0 Å². The summed E-state index contributed by atoms with van der Waals surface area (Å²) in [5.41, 5.74) is 10.5. The molecule has 0 radical (unpaired) electrons. The molecule has 214 valence electrons. The molecule has 0 aromatic carbocycles. The zero-order valence-corrected chi connectivity index (χ0v) is 31.8. The largest absolute Gasteiger partial charge is 2.00 e. The SMILES string of the molecule is CCCSC(=O)N(CCC)CCC.CCCSC(=O)N(CCC)CCC.NC(=S)SCCSC(N)=S.[Zn+2]. The van der Waals surface area contributed by atoms with Crippen LogP contribution in [0.2, 0.25) is 0 Å². The summed E-state index contributed by atoms with van der Waals surface area (Å²) in [6, 6.07) is 0. The first-order valence-electron chi connectivity index (χ1n) is 12.8. The van der Waals surface area contributed by atoms with Gasteiger partial charge in [0.25, 0.3) is 10.5 Å². The number of carbonyl (C=O) groups is 2. The number of hydrogen-bond acceptors (Lipinski definition) is 8. The molecular formula is C24H50N4O2S6Zn+2. The molecule has 0 saturated heterocycles. The van der Waals surface area contributed by atoms with Gasteiger partial charge >= 0.3 is 19.5 Å². The summed E-state index contributed by atoms with van der Waals surface area (Å²) in [4.78, 5) is 27.1. The van der Waals surface area contributed by atoms with Gasteiger partial charge in [-0.2, -0.15) is 0 Å². The number of nitrogens with two attached hydrogens (primary N) is 2. The van der Waals surface area contributed by atoms with E-state index in [-0.39, 0.29) is 30.0 Å². The molecule has 0 bridgehead atoms. The van der Waals surface area contributed by atoms with Crippen LogP contribution in [-0.4, -0.2) is 78.1 Å². The summed E-state index contributed by atoms with van der Waals surface area (Å²) in [6.45, 7) is 16.3. The van der Waals surface area contributed by atoms with Gasteiger partial charge in [-0.25, -0.2) is 0 Å². The maximum Gasteiger partial charge on any atom is 2.00 e. The number of nitrogens with zero attached hydrogens (tertiary/aromatic N) is 2. The fourth-order valence-electron chi connectivity index (χ4n) is 2.51. The van der Waals surface area contributed by atoms with Gasteiger partial charge in [-0.1, -0.05) is 113 Å². The molecule has 6 nitrogen and oxygen atoms in total. The van der Waals surface area contributed by atoms with E-state index in [4.69, 9.17) is 11.5 Å². The van der Waals surface area contributed by atoms with E-state index in [1.807, 2.05) is 9.80 Å². The molecular weight excluding hydrogens is 634 g/mol. The predicted molar refractivity (Wildman–Crippen MR) is 179 cm³/mol. The summed E-state index contributed by atoms with van der Waals surface area (Å²) in [6.07, 6.45) is 6.36. The van der Waals surface area contributed by atoms with Crippen molar-refractivity contribution in [2.24, 2.45) is 11.5 Å². The maximum atomic E-state index is 11.6. The molecule has 0 fully saturated rings. The summed E-state index contributed by atoms with van der Waals surface area (Å²) < 4.78 is 0.951. The van der Waals surface area contributed by atoms with Crippen molar-refractivity contribution in [3.05, 3.63) is 0 Å². The second-order valence-corrected chi connectivity index (χ2v) is 13.3. The van der Waals surface area contributed by atoms with Crippen LogP contribution in [0.5, 0.6) is 0 Å². The fraction of sp³-hybridized carbons (Fsp3) is 0.833. The second-order valence-electron chi connectivity index (χ2n) is 7.54. The van der Waals surface area contributed by atoms with E-state index in [0.717, 1.165) is 87.7 Å². The number of thioether (sulfide) groups is 4. The second kappa shape index (κ2) is 34.8. The van der Waals surface area contributed by atoms with E-state index in [1.165, 1.54) is 47.0 Å². The molecule has 13 heteroatoms. The average Bonchev–Trinajstić information content (AvgIpc) is 2.84. The third-order valence-corrected chi connectivity index (χ3v) is 8.51. The minimum Gasteiger partial charge on any atom is -0.385 e. The fourth-order valence-corrected chi connectivity index (χ4v) is 5.57. The standard InChI is InChI=1S/2C10H21NOS.C4H8N2S4.Zn/c2*1-4-7-11(8-5-2)10(12)13-9-6-3;5-3(7)9-1-2-10-4(6)8;/h2*4-9H2,1-3H3;1-2H2,(H2,5,7)(H2,6,8);/q;;;+2. The topological polar surface area (TPSA) is 92.7 Å². The molecule has 0 aliphatic heterocycles. The molecule has 37 heavy (non-hydrogen) atoms. The zero-order chi connectivity index (χ0) is 28.2. The minimum absolute atomic E-state index is 0. The van der Waals surface area contributed by atoms with Crippen molar-refractivity contribution in [3.8, 4) is 0 Å². The Morgan fingerprint density at radius 3 is 1.00 bits per heavy atom. The predicted octanol–water partition coefficient (Wildman–Crippen LogP) is 7.68. The van der Waals surface area contributed by atoms with Gasteiger partial charge in [0.1, 0.15) is 8.64 Å². The van der Waals surface area contributed by atoms with Crippen LogP contribution in [0, 0.1) is 0 Å². The van der Waals surface area contributed by atoms with Gasteiger partial charge in [-0.15, -0.1) is 0 Å². The Morgan fingerprint density at radius 2 is 0.811 bits per heavy atom. The van der Waals surface area contributed by atoms with Gasteiger partial charge in [0.15, 0.2) is 0 Å². The van der Waals surface area contributed by atoms with Crippen LogP contribution in [0.4, 0.5) is 9.59 Å². The van der Waals surface area contributed by atoms with E-state index in [1.54, 1.807) is 0 Å². The molecule has 0 rings (SSSR count). The van der Waals surface area contributed by atoms with Crippen LogP contribution in [-0.2, 0) is 19.5 Å². The van der Waals surface area contributed by atoms with Crippen LogP contribution < -0.4 is 11.5 Å². The van der Waals surface area contributed by atoms with Gasteiger partial charge in [-0.05, 0) is 38.5 Å². The number of hydrogen-bond donors (Lipinski definition) is 2. The molecule has 0 heterocycles. The molecule has 0 saturated carbocycles. The van der Waals surface area contributed by atoms with Gasteiger partial charge in [-0.3, -0.25) is 9.59 Å². The van der Waals surface area contributed by atoms with E-state index in [0.29, 0.717) is 8.64 Å². The first kappa shape index (κ1) is 44.8. The Balaban J connectivity index is -0.000000220. The Labute approximate surface area is 268 Å². The number of rotatable bonds is 15. The van der Waals surface area contributed by atoms with Gasteiger partial charge in [0.2, 0.25) is 0 Å². The molecule has 0 spiro atoms. The number of carbonyl (C=O) groups excluding carboxylic acids is 2. The Kier molecular flexibility index (Phi) is 42.1. The molecule has 0 aliphatic carbocycles. The van der Waals surface area contributed by atoms with Crippen molar-refractivity contribution >= 4 is 90.6 Å². The molecule has 0 aromatic rings. The Bertz CT molecular complexity index is 517. The third kappa shape index (κ3) is 34.7. The van der Waals surface area contributed by atoms with Gasteiger partial charge in [0, 0.05) is 49.2 Å². The minimum atomic E-state index is 0. The van der Waals surface area contributed by atoms with Gasteiger partial charge < -0.3 is 21.3 Å². The summed E-state index contributed by atoms with van der Waals surface area (Å²) >= 11 is 15.1. The Morgan fingerprint density at radius 1 is 0.541 bits per heavy atom. The maximum absolute atomic E-state index is 11.6. The van der Waals surface area contributed by atoms with E-state index >= 15 is 0 Å². The van der Waals surface area contributed by atoms with Crippen LogP contribution in [0.3, 0.4) is 0 Å². The molecule has 2 amide bonds. The molecule has 4 N–H and O–H groups in total. The van der Waals surface area contributed by atoms with E-state index < -0.39 is 0 Å². The van der Waals surface area contributed by atoms with Crippen molar-refractivity contribution in [1.82, 2.24) is 9.80 Å². The molecule has 0 unspecified atom stereocenters. The smallest absolute Gasteiger partial charge is 0.385 e. The first-order chi connectivity index (χ1) is 17.1. The molecule has 0 aliphatic rings. The van der Waals surface area contributed by atoms with E-state index in [9.17, 15) is 9.59 Å². The summed E-state index contributed by atoms with van der Waals surface area (Å²) in [5, 5.41) is 0.510. The summed E-state index contributed by atoms with van der Waals surface area (Å²) in [7, 11) is 0. The van der Waals surface area contributed by atoms with E-state index in [2.05, 4.69) is 66.0 Å². The molecule has 0 aromatic heterocycles. The summed E-state index contributed by atoms with van der Waals surface area (Å²) in [5.74, 6) is 3.64. The van der Waals surface area contributed by atoms with Crippen LogP contribution >= 0.6 is 71.5 Å². The molecule has 0 atom stereocenters. The van der Waals surface area contributed by atoms with Crippen LogP contribution in [0.1, 0.15) is 80.1 Å². The average molecular weight is 684 g/mol. The zero-order valence-electron chi connectivity index (χ0n) is 23.9.